The molecule has 8 nitrogen and oxygen atoms in total. The van der Waals surface area contributed by atoms with E-state index in [9.17, 15) is 18.0 Å². The Morgan fingerprint density at radius 2 is 2.00 bits per heavy atom. The van der Waals surface area contributed by atoms with Crippen LogP contribution in [-0.2, 0) is 14.8 Å². The second-order valence-corrected chi connectivity index (χ2v) is 6.37. The number of sulfonamides is 1. The topological polar surface area (TPSA) is 99.8 Å². The van der Waals surface area contributed by atoms with Gasteiger partial charge < -0.3 is 14.6 Å². The molecule has 0 radical (unpaired) electrons. The van der Waals surface area contributed by atoms with Gasteiger partial charge in [-0.1, -0.05) is 0 Å². The molecule has 2 heterocycles. The minimum Gasteiger partial charge on any atom is -0.450 e. The number of piperazine rings is 1. The highest BCUT2D eigenvalue weighted by Crippen LogP contribution is 2.14. The Morgan fingerprint density at radius 1 is 1.33 bits per heavy atom. The van der Waals surface area contributed by atoms with Crippen LogP contribution in [0, 0.1) is 0 Å². The van der Waals surface area contributed by atoms with Crippen molar-refractivity contribution in [3.63, 3.8) is 0 Å². The third-order valence-electron chi connectivity index (χ3n) is 3.17. The zero-order chi connectivity index (χ0) is 15.5. The van der Waals surface area contributed by atoms with Gasteiger partial charge in [-0.3, -0.25) is 4.79 Å². The first kappa shape index (κ1) is 15.5. The monoisotopic (exact) mass is 315 g/mol. The largest absolute Gasteiger partial charge is 0.450 e. The van der Waals surface area contributed by atoms with Crippen LogP contribution in [0.4, 0.5) is 4.79 Å². The molecule has 2 rings (SSSR count). The maximum Gasteiger partial charge on any atom is 0.409 e. The van der Waals surface area contributed by atoms with E-state index in [4.69, 9.17) is 4.74 Å². The van der Waals surface area contributed by atoms with E-state index in [2.05, 4.69) is 4.98 Å². The minimum atomic E-state index is -3.84. The smallest absolute Gasteiger partial charge is 0.409 e. The van der Waals surface area contributed by atoms with Gasteiger partial charge in [0.15, 0.2) is 0 Å². The van der Waals surface area contributed by atoms with Crippen LogP contribution < -0.4 is 5.43 Å². The highest BCUT2D eigenvalue weighted by Gasteiger charge is 2.31. The van der Waals surface area contributed by atoms with Gasteiger partial charge in [-0.05, 0) is 6.92 Å². The fourth-order valence-corrected chi connectivity index (χ4v) is 3.53. The molecule has 1 aromatic heterocycles. The van der Waals surface area contributed by atoms with Crippen molar-refractivity contribution in [2.24, 2.45) is 0 Å². The molecule has 0 bridgehead atoms. The highest BCUT2D eigenvalue weighted by molar-refractivity contribution is 7.89. The number of carbonyl (C=O) groups excluding carboxylic acids is 1. The van der Waals surface area contributed by atoms with Crippen LogP contribution in [-0.4, -0.2) is 61.5 Å². The molecule has 1 aliphatic rings. The molecule has 0 aliphatic carbocycles. The third-order valence-corrected chi connectivity index (χ3v) is 5.09. The van der Waals surface area contributed by atoms with Gasteiger partial charge >= 0.3 is 6.09 Å². The van der Waals surface area contributed by atoms with Crippen LogP contribution in [0.5, 0.6) is 0 Å². The average molecular weight is 315 g/mol. The number of carbonyl (C=O) groups is 1. The standard InChI is InChI=1S/C12H17N3O5S/c1-2-20-12(17)14-5-7-15(8-6-14)21(18,19)11-9-13-4-3-10(11)16/h3-4,9H,2,5-8H2,1H3,(H,13,16). The molecule has 9 heteroatoms. The lowest BCUT2D eigenvalue weighted by molar-refractivity contribution is 0.0934. The molecule has 1 saturated heterocycles. The SMILES string of the molecule is CCOC(=O)N1CCN(S(=O)(=O)c2c[nH]ccc2=O)CC1. The van der Waals surface area contributed by atoms with Gasteiger partial charge in [0.2, 0.25) is 15.5 Å². The van der Waals surface area contributed by atoms with E-state index in [1.807, 2.05) is 0 Å². The van der Waals surface area contributed by atoms with Gasteiger partial charge in [-0.15, -0.1) is 0 Å². The fraction of sp³-hybridized carbons (Fsp3) is 0.500. The molecule has 1 fully saturated rings. The molecular formula is C12H17N3O5S. The predicted octanol–water partition coefficient (Wildman–Crippen LogP) is -0.162. The molecule has 1 amide bonds. The van der Waals surface area contributed by atoms with Crippen molar-refractivity contribution in [3.05, 3.63) is 28.7 Å². The third kappa shape index (κ3) is 3.24. The van der Waals surface area contributed by atoms with Gasteiger partial charge in [0.1, 0.15) is 4.90 Å². The van der Waals surface area contributed by atoms with Crippen molar-refractivity contribution in [1.29, 1.82) is 0 Å². The summed E-state index contributed by atoms with van der Waals surface area (Å²) in [5.41, 5.74) is -0.554. The van der Waals surface area contributed by atoms with E-state index >= 15 is 0 Å². The van der Waals surface area contributed by atoms with Gasteiger partial charge in [-0.25, -0.2) is 13.2 Å². The van der Waals surface area contributed by atoms with Crippen molar-refractivity contribution in [1.82, 2.24) is 14.2 Å². The summed E-state index contributed by atoms with van der Waals surface area (Å²) in [7, 11) is -3.84. The van der Waals surface area contributed by atoms with Gasteiger partial charge in [-0.2, -0.15) is 4.31 Å². The van der Waals surface area contributed by atoms with Crippen LogP contribution in [0.3, 0.4) is 0 Å². The first-order valence-corrected chi connectivity index (χ1v) is 7.99. The lowest BCUT2D eigenvalue weighted by Crippen LogP contribution is -2.51. The Bertz CT molecular complexity index is 661. The lowest BCUT2D eigenvalue weighted by Gasteiger charge is -2.33. The number of ether oxygens (including phenoxy) is 1. The fourth-order valence-electron chi connectivity index (χ4n) is 2.07. The summed E-state index contributed by atoms with van der Waals surface area (Å²) in [4.78, 5) is 27.0. The molecule has 1 aliphatic heterocycles. The number of nitrogens with one attached hydrogen (secondary N) is 1. The van der Waals surface area contributed by atoms with Crippen molar-refractivity contribution >= 4 is 16.1 Å². The number of aromatic nitrogens is 1. The maximum absolute atomic E-state index is 12.4. The second kappa shape index (κ2) is 6.27. The molecule has 1 aromatic rings. The van der Waals surface area contributed by atoms with Crippen LogP contribution in [0.2, 0.25) is 0 Å². The summed E-state index contributed by atoms with van der Waals surface area (Å²) in [5.74, 6) is 0. The minimum absolute atomic E-state index is 0.134. The second-order valence-electron chi connectivity index (χ2n) is 4.46. The number of hydrogen-bond donors (Lipinski definition) is 1. The Balaban J connectivity index is 2.10. The Kier molecular flexibility index (Phi) is 4.63. The zero-order valence-electron chi connectivity index (χ0n) is 11.6. The number of nitrogens with zero attached hydrogens (tertiary/aromatic N) is 2. The quantitative estimate of drug-likeness (QED) is 0.835. The number of pyridine rings is 1. The van der Waals surface area contributed by atoms with Crippen molar-refractivity contribution in [3.8, 4) is 0 Å². The number of amides is 1. The van der Waals surface area contributed by atoms with E-state index in [0.29, 0.717) is 0 Å². The molecule has 0 atom stereocenters. The Morgan fingerprint density at radius 3 is 2.57 bits per heavy atom. The molecule has 116 valence electrons. The Labute approximate surface area is 122 Å². The van der Waals surface area contributed by atoms with Crippen LogP contribution in [0.1, 0.15) is 6.92 Å². The van der Waals surface area contributed by atoms with E-state index in [1.165, 1.54) is 27.7 Å². The Hall–Kier alpha value is -1.87. The van der Waals surface area contributed by atoms with E-state index in [-0.39, 0.29) is 37.7 Å². The molecule has 0 unspecified atom stereocenters. The average Bonchev–Trinajstić information content (AvgIpc) is 2.48. The molecule has 21 heavy (non-hydrogen) atoms. The first-order valence-electron chi connectivity index (χ1n) is 6.55. The number of aromatic amines is 1. The van der Waals surface area contributed by atoms with E-state index in [1.54, 1.807) is 6.92 Å². The predicted molar refractivity (Wildman–Crippen MR) is 74.4 cm³/mol. The van der Waals surface area contributed by atoms with Crippen molar-refractivity contribution in [2.45, 2.75) is 11.8 Å². The summed E-state index contributed by atoms with van der Waals surface area (Å²) in [6.07, 6.45) is 2.10. The summed E-state index contributed by atoms with van der Waals surface area (Å²) < 4.78 is 30.8. The van der Waals surface area contributed by atoms with Crippen molar-refractivity contribution < 1.29 is 17.9 Å². The molecule has 0 aromatic carbocycles. The molecular weight excluding hydrogens is 298 g/mol. The molecule has 0 spiro atoms. The maximum atomic E-state index is 12.4. The summed E-state index contributed by atoms with van der Waals surface area (Å²) in [6.45, 7) is 2.73. The first-order chi connectivity index (χ1) is 9.96. The van der Waals surface area contributed by atoms with E-state index in [0.717, 1.165) is 0 Å². The summed E-state index contributed by atoms with van der Waals surface area (Å²) in [6, 6.07) is 1.17. The van der Waals surface area contributed by atoms with Crippen LogP contribution >= 0.6 is 0 Å². The van der Waals surface area contributed by atoms with E-state index < -0.39 is 21.5 Å². The van der Waals surface area contributed by atoms with Crippen molar-refractivity contribution in [2.75, 3.05) is 32.8 Å². The van der Waals surface area contributed by atoms with Gasteiger partial charge in [0.05, 0.1) is 6.61 Å². The lowest BCUT2D eigenvalue weighted by atomic mass is 10.4. The molecule has 1 N–H and O–H groups in total. The highest BCUT2D eigenvalue weighted by atomic mass is 32.2. The van der Waals surface area contributed by atoms with Crippen LogP contribution in [0.25, 0.3) is 0 Å². The number of rotatable bonds is 3. The van der Waals surface area contributed by atoms with Gasteiger partial charge in [0, 0.05) is 44.6 Å². The molecule has 0 saturated carbocycles. The number of H-pyrrole nitrogens is 1. The normalized spacial score (nSPS) is 16.7. The zero-order valence-corrected chi connectivity index (χ0v) is 12.4. The van der Waals surface area contributed by atoms with Crippen LogP contribution in [0.15, 0.2) is 28.2 Å². The summed E-state index contributed by atoms with van der Waals surface area (Å²) >= 11 is 0. The van der Waals surface area contributed by atoms with Gasteiger partial charge in [0.25, 0.3) is 0 Å². The summed E-state index contributed by atoms with van der Waals surface area (Å²) in [5, 5.41) is 0. The number of hydrogen-bond acceptors (Lipinski definition) is 5.